The number of nitrogens with zero attached hydrogens (tertiary/aromatic N) is 1. The average Bonchev–Trinajstić information content (AvgIpc) is 3.40. The molecule has 2 aliphatic carbocycles. The van der Waals surface area contributed by atoms with Crippen LogP contribution in [0.25, 0.3) is 0 Å². The minimum atomic E-state index is -0.744. The number of rotatable bonds is 6. The van der Waals surface area contributed by atoms with E-state index in [9.17, 15) is 14.0 Å². The first-order valence-corrected chi connectivity index (χ1v) is 8.82. The Labute approximate surface area is 141 Å². The SMILES string of the molecule is O=C(O)C1CCC(C(=O)N(CCc2cccc(F)c2)C2CC2)CC1. The summed E-state index contributed by atoms with van der Waals surface area (Å²) in [6.07, 6.45) is 5.25. The second kappa shape index (κ2) is 7.32. The lowest BCUT2D eigenvalue weighted by atomic mass is 9.81. The van der Waals surface area contributed by atoms with Crippen LogP contribution in [-0.2, 0) is 16.0 Å². The fraction of sp³-hybridized carbons (Fsp3) is 0.579. The summed E-state index contributed by atoms with van der Waals surface area (Å²) >= 11 is 0. The van der Waals surface area contributed by atoms with Crippen LogP contribution >= 0.6 is 0 Å². The van der Waals surface area contributed by atoms with E-state index >= 15 is 0 Å². The normalized spacial score (nSPS) is 23.7. The first-order valence-electron chi connectivity index (χ1n) is 8.82. The molecule has 5 heteroatoms. The predicted molar refractivity (Wildman–Crippen MR) is 87.9 cm³/mol. The first-order chi connectivity index (χ1) is 11.5. The smallest absolute Gasteiger partial charge is 0.306 e. The second-order valence-electron chi connectivity index (χ2n) is 7.03. The molecule has 0 atom stereocenters. The van der Waals surface area contributed by atoms with Gasteiger partial charge in [0.25, 0.3) is 0 Å². The molecule has 0 spiro atoms. The summed E-state index contributed by atoms with van der Waals surface area (Å²) in [4.78, 5) is 25.8. The molecule has 4 nitrogen and oxygen atoms in total. The van der Waals surface area contributed by atoms with Gasteiger partial charge in [0.05, 0.1) is 5.92 Å². The van der Waals surface area contributed by atoms with E-state index in [1.165, 1.54) is 12.1 Å². The highest BCUT2D eigenvalue weighted by Crippen LogP contribution is 2.34. The van der Waals surface area contributed by atoms with E-state index in [1.54, 1.807) is 6.07 Å². The number of aliphatic carboxylic acids is 1. The molecule has 0 radical (unpaired) electrons. The van der Waals surface area contributed by atoms with Gasteiger partial charge in [0.2, 0.25) is 5.91 Å². The number of amides is 1. The molecular formula is C19H24FNO3. The Morgan fingerprint density at radius 2 is 1.75 bits per heavy atom. The third kappa shape index (κ3) is 4.13. The van der Waals surface area contributed by atoms with Crippen LogP contribution in [0.1, 0.15) is 44.1 Å². The van der Waals surface area contributed by atoms with E-state index in [-0.39, 0.29) is 23.6 Å². The second-order valence-corrected chi connectivity index (χ2v) is 7.03. The highest BCUT2D eigenvalue weighted by atomic mass is 19.1. The van der Waals surface area contributed by atoms with Crippen molar-refractivity contribution in [2.45, 2.75) is 51.0 Å². The lowest BCUT2D eigenvalue weighted by Gasteiger charge is -2.31. The van der Waals surface area contributed by atoms with Crippen LogP contribution in [0.5, 0.6) is 0 Å². The van der Waals surface area contributed by atoms with Crippen molar-refractivity contribution in [2.75, 3.05) is 6.54 Å². The van der Waals surface area contributed by atoms with Crippen molar-refractivity contribution in [2.24, 2.45) is 11.8 Å². The molecule has 1 amide bonds. The van der Waals surface area contributed by atoms with Gasteiger partial charge in [0, 0.05) is 18.5 Å². The number of halogens is 1. The van der Waals surface area contributed by atoms with E-state index in [2.05, 4.69) is 0 Å². The lowest BCUT2D eigenvalue weighted by molar-refractivity contribution is -0.145. The fourth-order valence-corrected chi connectivity index (χ4v) is 3.62. The maximum atomic E-state index is 13.3. The van der Waals surface area contributed by atoms with E-state index in [1.807, 2.05) is 11.0 Å². The Morgan fingerprint density at radius 3 is 2.33 bits per heavy atom. The average molecular weight is 333 g/mol. The Hall–Kier alpha value is -1.91. The zero-order chi connectivity index (χ0) is 17.1. The topological polar surface area (TPSA) is 57.6 Å². The van der Waals surface area contributed by atoms with Gasteiger partial charge in [0.1, 0.15) is 5.82 Å². The summed E-state index contributed by atoms with van der Waals surface area (Å²) in [7, 11) is 0. The molecule has 24 heavy (non-hydrogen) atoms. The molecule has 0 saturated heterocycles. The molecule has 3 rings (SSSR count). The van der Waals surface area contributed by atoms with E-state index in [4.69, 9.17) is 5.11 Å². The molecule has 2 aliphatic rings. The number of benzene rings is 1. The van der Waals surface area contributed by atoms with Gasteiger partial charge in [0.15, 0.2) is 0 Å². The number of carbonyl (C=O) groups is 2. The van der Waals surface area contributed by atoms with Gasteiger partial charge in [-0.1, -0.05) is 12.1 Å². The summed E-state index contributed by atoms with van der Waals surface area (Å²) in [5.41, 5.74) is 0.906. The van der Waals surface area contributed by atoms with Gasteiger partial charge < -0.3 is 10.0 Å². The highest BCUT2D eigenvalue weighted by Gasteiger charge is 2.37. The van der Waals surface area contributed by atoms with E-state index in [0.29, 0.717) is 44.7 Å². The summed E-state index contributed by atoms with van der Waals surface area (Å²) in [6, 6.07) is 6.85. The molecule has 130 valence electrons. The van der Waals surface area contributed by atoms with Crippen LogP contribution in [0, 0.1) is 17.7 Å². The van der Waals surface area contributed by atoms with Gasteiger partial charge >= 0.3 is 5.97 Å². The Kier molecular flexibility index (Phi) is 5.17. The minimum Gasteiger partial charge on any atom is -0.481 e. The van der Waals surface area contributed by atoms with Gasteiger partial charge in [-0.15, -0.1) is 0 Å². The quantitative estimate of drug-likeness (QED) is 0.869. The van der Waals surface area contributed by atoms with Crippen molar-refractivity contribution < 1.29 is 19.1 Å². The Balaban J connectivity index is 1.57. The monoisotopic (exact) mass is 333 g/mol. The molecule has 1 aromatic carbocycles. The molecule has 0 aliphatic heterocycles. The Morgan fingerprint density at radius 1 is 1.08 bits per heavy atom. The number of hydrogen-bond acceptors (Lipinski definition) is 2. The van der Waals surface area contributed by atoms with Crippen molar-refractivity contribution in [3.63, 3.8) is 0 Å². The third-order valence-electron chi connectivity index (χ3n) is 5.23. The van der Waals surface area contributed by atoms with Crippen LogP contribution in [0.4, 0.5) is 4.39 Å². The predicted octanol–water partition coefficient (Wildman–Crippen LogP) is 3.25. The first kappa shape index (κ1) is 16.9. The standard InChI is InChI=1S/C19H24FNO3/c20-16-3-1-2-13(12-16)10-11-21(17-8-9-17)18(22)14-4-6-15(7-5-14)19(23)24/h1-3,12,14-15,17H,4-11H2,(H,23,24). The fourth-order valence-electron chi connectivity index (χ4n) is 3.62. The maximum Gasteiger partial charge on any atom is 0.306 e. The number of carbonyl (C=O) groups excluding carboxylic acids is 1. The minimum absolute atomic E-state index is 0.0475. The van der Waals surface area contributed by atoms with Crippen LogP contribution in [-0.4, -0.2) is 34.5 Å². The van der Waals surface area contributed by atoms with Crippen LogP contribution in [0.2, 0.25) is 0 Å². The van der Waals surface area contributed by atoms with E-state index in [0.717, 1.165) is 18.4 Å². The van der Waals surface area contributed by atoms with Gasteiger partial charge in [-0.25, -0.2) is 4.39 Å². The molecule has 0 heterocycles. The number of carboxylic acid groups (broad SMARTS) is 1. The number of carboxylic acids is 1. The van der Waals surface area contributed by atoms with Crippen molar-refractivity contribution in [3.8, 4) is 0 Å². The molecular weight excluding hydrogens is 309 g/mol. The zero-order valence-corrected chi connectivity index (χ0v) is 13.8. The summed E-state index contributed by atoms with van der Waals surface area (Å²) in [5.74, 6) is -1.17. The van der Waals surface area contributed by atoms with Gasteiger partial charge in [-0.3, -0.25) is 9.59 Å². The highest BCUT2D eigenvalue weighted by molar-refractivity contribution is 5.80. The molecule has 2 fully saturated rings. The lowest BCUT2D eigenvalue weighted by Crippen LogP contribution is -2.41. The molecule has 1 aromatic rings. The van der Waals surface area contributed by atoms with E-state index < -0.39 is 5.97 Å². The summed E-state index contributed by atoms with van der Waals surface area (Å²) < 4.78 is 13.3. The maximum absolute atomic E-state index is 13.3. The summed E-state index contributed by atoms with van der Waals surface area (Å²) in [5, 5.41) is 9.08. The molecule has 0 aromatic heterocycles. The van der Waals surface area contributed by atoms with Crippen molar-refractivity contribution in [1.82, 2.24) is 4.90 Å². The largest absolute Gasteiger partial charge is 0.481 e. The van der Waals surface area contributed by atoms with Crippen molar-refractivity contribution in [1.29, 1.82) is 0 Å². The zero-order valence-electron chi connectivity index (χ0n) is 13.8. The Bertz CT molecular complexity index is 606. The van der Waals surface area contributed by atoms with Crippen molar-refractivity contribution >= 4 is 11.9 Å². The molecule has 1 N–H and O–H groups in total. The number of hydrogen-bond donors (Lipinski definition) is 1. The van der Waals surface area contributed by atoms with Crippen LogP contribution < -0.4 is 0 Å². The van der Waals surface area contributed by atoms with Crippen LogP contribution in [0.3, 0.4) is 0 Å². The van der Waals surface area contributed by atoms with Gasteiger partial charge in [-0.05, 0) is 62.6 Å². The third-order valence-corrected chi connectivity index (χ3v) is 5.23. The van der Waals surface area contributed by atoms with Gasteiger partial charge in [-0.2, -0.15) is 0 Å². The van der Waals surface area contributed by atoms with Crippen molar-refractivity contribution in [3.05, 3.63) is 35.6 Å². The molecule has 2 saturated carbocycles. The van der Waals surface area contributed by atoms with Crippen LogP contribution in [0.15, 0.2) is 24.3 Å². The molecule has 0 unspecified atom stereocenters. The summed E-state index contributed by atoms with van der Waals surface area (Å²) in [6.45, 7) is 0.617. The molecule has 0 bridgehead atoms.